The summed E-state index contributed by atoms with van der Waals surface area (Å²) < 4.78 is 40.4. The van der Waals surface area contributed by atoms with Gasteiger partial charge in [-0.3, -0.25) is 9.59 Å². The van der Waals surface area contributed by atoms with Gasteiger partial charge in [-0.1, -0.05) is 25.3 Å². The van der Waals surface area contributed by atoms with Crippen molar-refractivity contribution in [2.75, 3.05) is 7.05 Å². The highest BCUT2D eigenvalue weighted by atomic mass is 19.4. The molecule has 2 N–H and O–H groups in total. The van der Waals surface area contributed by atoms with Crippen LogP contribution in [0.25, 0.3) is 0 Å². The third-order valence-electron chi connectivity index (χ3n) is 4.22. The number of halogens is 3. The molecule has 1 aromatic rings. The van der Waals surface area contributed by atoms with Gasteiger partial charge >= 0.3 is 6.18 Å². The van der Waals surface area contributed by atoms with Crippen molar-refractivity contribution >= 4 is 11.8 Å². The molecule has 1 aliphatic rings. The molecular formula is C16H19F3N2O2. The monoisotopic (exact) mass is 328 g/mol. The van der Waals surface area contributed by atoms with Crippen LogP contribution in [0.5, 0.6) is 0 Å². The number of carbonyl (C=O) groups is 2. The van der Waals surface area contributed by atoms with Gasteiger partial charge in [0.2, 0.25) is 0 Å². The van der Waals surface area contributed by atoms with E-state index in [0.29, 0.717) is 12.8 Å². The van der Waals surface area contributed by atoms with Crippen molar-refractivity contribution in [3.8, 4) is 0 Å². The van der Waals surface area contributed by atoms with Crippen molar-refractivity contribution in [2.24, 2.45) is 0 Å². The normalized spacial score (nSPS) is 17.4. The first-order valence-corrected chi connectivity index (χ1v) is 7.50. The summed E-state index contributed by atoms with van der Waals surface area (Å²) in [5.74, 6) is -1.21. The molecule has 4 nitrogen and oxygen atoms in total. The van der Waals surface area contributed by atoms with Crippen LogP contribution in [0.2, 0.25) is 0 Å². The summed E-state index contributed by atoms with van der Waals surface area (Å²) >= 11 is 0. The third-order valence-corrected chi connectivity index (χ3v) is 4.22. The summed E-state index contributed by atoms with van der Waals surface area (Å²) in [6.07, 6.45) is -3.13. The smallest absolute Gasteiger partial charge is 0.355 e. The lowest BCUT2D eigenvalue weighted by atomic mass is 9.80. The van der Waals surface area contributed by atoms with Crippen LogP contribution >= 0.6 is 0 Å². The van der Waals surface area contributed by atoms with E-state index in [1.54, 1.807) is 0 Å². The minimum atomic E-state index is -4.50. The van der Waals surface area contributed by atoms with Crippen molar-refractivity contribution in [2.45, 2.75) is 43.8 Å². The topological polar surface area (TPSA) is 58.2 Å². The van der Waals surface area contributed by atoms with E-state index in [1.165, 1.54) is 31.3 Å². The van der Waals surface area contributed by atoms with Gasteiger partial charge in [0.05, 0.1) is 0 Å². The molecule has 7 heteroatoms. The Labute approximate surface area is 132 Å². The van der Waals surface area contributed by atoms with E-state index in [9.17, 15) is 22.8 Å². The van der Waals surface area contributed by atoms with Crippen LogP contribution in [0, 0.1) is 0 Å². The molecule has 1 aromatic carbocycles. The van der Waals surface area contributed by atoms with Crippen molar-refractivity contribution in [3.05, 3.63) is 35.4 Å². The molecule has 1 saturated carbocycles. The zero-order chi connectivity index (χ0) is 17.1. The number of rotatable bonds is 3. The molecule has 23 heavy (non-hydrogen) atoms. The van der Waals surface area contributed by atoms with Gasteiger partial charge in [-0.15, -0.1) is 0 Å². The molecule has 0 spiro atoms. The number of hydrogen-bond donors (Lipinski definition) is 2. The predicted octanol–water partition coefficient (Wildman–Crippen LogP) is 3.04. The second kappa shape index (κ2) is 6.60. The lowest BCUT2D eigenvalue weighted by Crippen LogP contribution is -2.59. The zero-order valence-electron chi connectivity index (χ0n) is 12.8. The highest BCUT2D eigenvalue weighted by Gasteiger charge is 2.55. The molecule has 1 fully saturated rings. The summed E-state index contributed by atoms with van der Waals surface area (Å²) in [6.45, 7) is 0. The third kappa shape index (κ3) is 3.65. The van der Waals surface area contributed by atoms with Gasteiger partial charge in [0.25, 0.3) is 11.8 Å². The maximum absolute atomic E-state index is 13.5. The fraction of sp³-hybridized carbons (Fsp3) is 0.500. The van der Waals surface area contributed by atoms with Crippen LogP contribution in [-0.4, -0.2) is 30.6 Å². The van der Waals surface area contributed by atoms with Gasteiger partial charge in [-0.25, -0.2) is 0 Å². The Morgan fingerprint density at radius 2 is 1.61 bits per heavy atom. The lowest BCUT2D eigenvalue weighted by Gasteiger charge is -2.39. The van der Waals surface area contributed by atoms with Gasteiger partial charge < -0.3 is 10.6 Å². The summed E-state index contributed by atoms with van der Waals surface area (Å²) in [4.78, 5) is 23.9. The molecule has 2 amide bonds. The van der Waals surface area contributed by atoms with Gasteiger partial charge in [0, 0.05) is 18.2 Å². The maximum atomic E-state index is 13.5. The van der Waals surface area contributed by atoms with E-state index in [2.05, 4.69) is 10.6 Å². The molecule has 126 valence electrons. The number of amides is 2. The molecule has 0 heterocycles. The van der Waals surface area contributed by atoms with E-state index in [1.807, 2.05) is 0 Å². The molecule has 0 radical (unpaired) electrons. The Morgan fingerprint density at radius 3 is 2.13 bits per heavy atom. The average Bonchev–Trinajstić information content (AvgIpc) is 2.54. The number of benzene rings is 1. The first kappa shape index (κ1) is 17.3. The zero-order valence-corrected chi connectivity index (χ0v) is 12.8. The Morgan fingerprint density at radius 1 is 1.04 bits per heavy atom. The lowest BCUT2D eigenvalue weighted by molar-refractivity contribution is -0.201. The summed E-state index contributed by atoms with van der Waals surface area (Å²) in [7, 11) is 1.44. The molecule has 0 bridgehead atoms. The fourth-order valence-electron chi connectivity index (χ4n) is 2.87. The van der Waals surface area contributed by atoms with E-state index < -0.39 is 23.5 Å². The molecule has 0 aromatic heterocycles. The summed E-state index contributed by atoms with van der Waals surface area (Å²) in [5, 5.41) is 4.59. The van der Waals surface area contributed by atoms with Crippen molar-refractivity contribution < 1.29 is 22.8 Å². The van der Waals surface area contributed by atoms with Gasteiger partial charge in [0.15, 0.2) is 0 Å². The Hall–Kier alpha value is -2.05. The van der Waals surface area contributed by atoms with E-state index >= 15 is 0 Å². The predicted molar refractivity (Wildman–Crippen MR) is 79.2 cm³/mol. The highest BCUT2D eigenvalue weighted by Crippen LogP contribution is 2.41. The van der Waals surface area contributed by atoms with Crippen LogP contribution in [0.1, 0.15) is 52.8 Å². The molecule has 0 aliphatic heterocycles. The Balaban J connectivity index is 2.24. The number of hydrogen-bond acceptors (Lipinski definition) is 2. The molecular weight excluding hydrogens is 309 g/mol. The van der Waals surface area contributed by atoms with Crippen LogP contribution in [0.15, 0.2) is 24.3 Å². The number of nitrogens with one attached hydrogen (secondary N) is 2. The number of alkyl halides is 3. The van der Waals surface area contributed by atoms with E-state index in [4.69, 9.17) is 0 Å². The molecule has 1 aliphatic carbocycles. The van der Waals surface area contributed by atoms with Gasteiger partial charge in [-0.05, 0) is 31.0 Å². The van der Waals surface area contributed by atoms with Gasteiger partial charge in [-0.2, -0.15) is 13.2 Å². The fourth-order valence-corrected chi connectivity index (χ4v) is 2.87. The molecule has 2 rings (SSSR count). The summed E-state index contributed by atoms with van der Waals surface area (Å²) in [6, 6.07) is 5.66. The van der Waals surface area contributed by atoms with Crippen molar-refractivity contribution in [1.29, 1.82) is 0 Å². The molecule has 0 unspecified atom stereocenters. The van der Waals surface area contributed by atoms with Crippen LogP contribution < -0.4 is 10.6 Å². The van der Waals surface area contributed by atoms with Crippen molar-refractivity contribution in [3.63, 3.8) is 0 Å². The highest BCUT2D eigenvalue weighted by molar-refractivity contribution is 5.99. The van der Waals surface area contributed by atoms with Crippen LogP contribution in [0.3, 0.4) is 0 Å². The van der Waals surface area contributed by atoms with Crippen LogP contribution in [-0.2, 0) is 0 Å². The SMILES string of the molecule is CNC(=O)c1cccc(C(=O)NC2(C(F)(F)F)CCCCC2)c1. The largest absolute Gasteiger partial charge is 0.411 e. The Bertz CT molecular complexity index is 593. The first-order chi connectivity index (χ1) is 10.8. The second-order valence-corrected chi connectivity index (χ2v) is 5.75. The Kier molecular flexibility index (Phi) is 4.97. The minimum absolute atomic E-state index is 0.0419. The van der Waals surface area contributed by atoms with E-state index in [0.717, 1.165) is 6.42 Å². The first-order valence-electron chi connectivity index (χ1n) is 7.50. The van der Waals surface area contributed by atoms with E-state index in [-0.39, 0.29) is 24.0 Å². The minimum Gasteiger partial charge on any atom is -0.355 e. The van der Waals surface area contributed by atoms with Crippen molar-refractivity contribution in [1.82, 2.24) is 10.6 Å². The quantitative estimate of drug-likeness (QED) is 0.896. The molecule has 0 atom stereocenters. The average molecular weight is 328 g/mol. The second-order valence-electron chi connectivity index (χ2n) is 5.75. The van der Waals surface area contributed by atoms with Gasteiger partial charge in [0.1, 0.15) is 5.54 Å². The summed E-state index contributed by atoms with van der Waals surface area (Å²) in [5.41, 5.74) is -1.91. The standard InChI is InChI=1S/C16H19F3N2O2/c1-20-13(22)11-6-5-7-12(10-11)14(23)21-15(16(17,18)19)8-3-2-4-9-15/h5-7,10H,2-4,8-9H2,1H3,(H,20,22)(H,21,23). The van der Waals surface area contributed by atoms with Crippen LogP contribution in [0.4, 0.5) is 13.2 Å². The maximum Gasteiger partial charge on any atom is 0.411 e. The number of carbonyl (C=O) groups excluding carboxylic acids is 2. The molecule has 0 saturated heterocycles.